The number of nitrogens with zero attached hydrogens (tertiary/aromatic N) is 1. The predicted molar refractivity (Wildman–Crippen MR) is 63.4 cm³/mol. The van der Waals surface area contributed by atoms with Crippen LogP contribution in [0.25, 0.3) is 11.1 Å². The van der Waals surface area contributed by atoms with Crippen LogP contribution in [0.15, 0.2) is 36.5 Å². The highest BCUT2D eigenvalue weighted by Gasteiger charge is 2.12. The molecule has 16 heavy (non-hydrogen) atoms. The molecule has 0 radical (unpaired) electrons. The fourth-order valence-electron chi connectivity index (χ4n) is 1.79. The van der Waals surface area contributed by atoms with Crippen LogP contribution in [0.2, 0.25) is 0 Å². The van der Waals surface area contributed by atoms with Crippen molar-refractivity contribution in [2.75, 3.05) is 5.73 Å². The molecule has 0 saturated carbocycles. The number of aromatic nitrogens is 1. The van der Waals surface area contributed by atoms with Crippen molar-refractivity contribution in [3.63, 3.8) is 0 Å². The molecular weight excluding hydrogens is 203 g/mol. The van der Waals surface area contributed by atoms with Crippen molar-refractivity contribution < 1.29 is 4.39 Å². The smallest absolute Gasteiger partial charge is 0.131 e. The van der Waals surface area contributed by atoms with Gasteiger partial charge in [-0.25, -0.2) is 9.37 Å². The van der Waals surface area contributed by atoms with Crippen LogP contribution in [0, 0.1) is 5.82 Å². The number of hydrogen-bond donors (Lipinski definition) is 1. The van der Waals surface area contributed by atoms with E-state index in [2.05, 4.69) is 4.98 Å². The molecule has 0 aliphatic carbocycles. The molecule has 0 saturated heterocycles. The molecule has 2 rings (SSSR count). The number of nitrogen functional groups attached to an aromatic ring is 1. The zero-order valence-corrected chi connectivity index (χ0v) is 9.07. The van der Waals surface area contributed by atoms with Gasteiger partial charge in [-0.1, -0.05) is 25.1 Å². The van der Waals surface area contributed by atoms with Gasteiger partial charge in [-0.15, -0.1) is 0 Å². The third kappa shape index (κ3) is 1.76. The summed E-state index contributed by atoms with van der Waals surface area (Å²) in [6.45, 7) is 2.01. The summed E-state index contributed by atoms with van der Waals surface area (Å²) in [6, 6.07) is 8.49. The van der Waals surface area contributed by atoms with E-state index in [-0.39, 0.29) is 5.82 Å². The summed E-state index contributed by atoms with van der Waals surface area (Å²) in [4.78, 5) is 4.02. The Balaban J connectivity index is 2.68. The molecule has 2 aromatic rings. The molecule has 0 unspecified atom stereocenters. The molecule has 0 aliphatic heterocycles. The molecule has 2 nitrogen and oxygen atoms in total. The minimum Gasteiger partial charge on any atom is -0.383 e. The fourth-order valence-corrected chi connectivity index (χ4v) is 1.79. The number of anilines is 1. The largest absolute Gasteiger partial charge is 0.383 e. The van der Waals surface area contributed by atoms with Gasteiger partial charge < -0.3 is 5.73 Å². The van der Waals surface area contributed by atoms with E-state index in [1.807, 2.05) is 13.0 Å². The quantitative estimate of drug-likeness (QED) is 0.838. The molecule has 1 aromatic carbocycles. The van der Waals surface area contributed by atoms with Gasteiger partial charge in [0.25, 0.3) is 0 Å². The average molecular weight is 216 g/mol. The van der Waals surface area contributed by atoms with Gasteiger partial charge in [0.05, 0.1) is 0 Å². The molecule has 0 atom stereocenters. The van der Waals surface area contributed by atoms with Crippen molar-refractivity contribution in [3.8, 4) is 11.1 Å². The molecule has 82 valence electrons. The maximum absolute atomic E-state index is 13.7. The van der Waals surface area contributed by atoms with E-state index in [1.54, 1.807) is 24.4 Å². The lowest BCUT2D eigenvalue weighted by Gasteiger charge is -2.10. The van der Waals surface area contributed by atoms with Crippen LogP contribution in [0.4, 0.5) is 10.2 Å². The Morgan fingerprint density at radius 2 is 2.00 bits per heavy atom. The highest BCUT2D eigenvalue weighted by atomic mass is 19.1. The highest BCUT2D eigenvalue weighted by Crippen LogP contribution is 2.30. The lowest BCUT2D eigenvalue weighted by atomic mass is 9.99. The standard InChI is InChI=1S/C13H13FN2/c1-2-9-7-8-16-13(15)12(9)10-5-3-4-6-11(10)14/h3-8H,2H2,1H3,(H2,15,16). The van der Waals surface area contributed by atoms with Crippen LogP contribution in [-0.2, 0) is 6.42 Å². The van der Waals surface area contributed by atoms with Gasteiger partial charge in [-0.3, -0.25) is 0 Å². The Hall–Kier alpha value is -1.90. The molecule has 2 N–H and O–H groups in total. The third-order valence-corrected chi connectivity index (χ3v) is 2.59. The fraction of sp³-hybridized carbons (Fsp3) is 0.154. The molecule has 0 bridgehead atoms. The van der Waals surface area contributed by atoms with Gasteiger partial charge in [-0.2, -0.15) is 0 Å². The normalized spacial score (nSPS) is 10.4. The SMILES string of the molecule is CCc1ccnc(N)c1-c1ccccc1F. The Labute approximate surface area is 93.9 Å². The number of benzene rings is 1. The van der Waals surface area contributed by atoms with Crippen LogP contribution in [0.3, 0.4) is 0 Å². The van der Waals surface area contributed by atoms with Crippen molar-refractivity contribution in [2.24, 2.45) is 0 Å². The summed E-state index contributed by atoms with van der Waals surface area (Å²) >= 11 is 0. The molecule has 0 spiro atoms. The number of hydrogen-bond acceptors (Lipinski definition) is 2. The first-order valence-corrected chi connectivity index (χ1v) is 5.22. The van der Waals surface area contributed by atoms with Crippen LogP contribution in [0.5, 0.6) is 0 Å². The van der Waals surface area contributed by atoms with Gasteiger partial charge in [0.15, 0.2) is 0 Å². The predicted octanol–water partition coefficient (Wildman–Crippen LogP) is 3.03. The average Bonchev–Trinajstić information content (AvgIpc) is 2.30. The van der Waals surface area contributed by atoms with Gasteiger partial charge in [-0.05, 0) is 24.1 Å². The maximum atomic E-state index is 13.7. The lowest BCUT2D eigenvalue weighted by Crippen LogP contribution is -1.99. The molecule has 0 aliphatic rings. The van der Waals surface area contributed by atoms with Gasteiger partial charge in [0.2, 0.25) is 0 Å². The Kier molecular flexibility index (Phi) is 2.86. The van der Waals surface area contributed by atoms with Crippen molar-refractivity contribution in [2.45, 2.75) is 13.3 Å². The monoisotopic (exact) mass is 216 g/mol. The van der Waals surface area contributed by atoms with Gasteiger partial charge in [0, 0.05) is 17.3 Å². The first kappa shape index (κ1) is 10.6. The van der Waals surface area contributed by atoms with E-state index in [9.17, 15) is 4.39 Å². The highest BCUT2D eigenvalue weighted by molar-refractivity contribution is 5.77. The first-order valence-electron chi connectivity index (χ1n) is 5.22. The first-order chi connectivity index (χ1) is 7.74. The second-order valence-corrected chi connectivity index (χ2v) is 3.56. The third-order valence-electron chi connectivity index (χ3n) is 2.59. The van der Waals surface area contributed by atoms with Crippen LogP contribution in [0.1, 0.15) is 12.5 Å². The number of halogens is 1. The van der Waals surface area contributed by atoms with Crippen LogP contribution < -0.4 is 5.73 Å². The van der Waals surface area contributed by atoms with E-state index in [0.717, 1.165) is 12.0 Å². The van der Waals surface area contributed by atoms with Crippen LogP contribution in [-0.4, -0.2) is 4.98 Å². The van der Waals surface area contributed by atoms with E-state index in [0.29, 0.717) is 16.9 Å². The summed E-state index contributed by atoms with van der Waals surface area (Å²) in [5.41, 5.74) is 8.06. The minimum absolute atomic E-state index is 0.267. The van der Waals surface area contributed by atoms with E-state index >= 15 is 0 Å². The molecule has 3 heteroatoms. The Morgan fingerprint density at radius 1 is 1.25 bits per heavy atom. The second kappa shape index (κ2) is 4.31. The number of nitrogens with two attached hydrogens (primary N) is 1. The summed E-state index contributed by atoms with van der Waals surface area (Å²) < 4.78 is 13.7. The Morgan fingerprint density at radius 3 is 2.69 bits per heavy atom. The second-order valence-electron chi connectivity index (χ2n) is 3.56. The number of rotatable bonds is 2. The zero-order valence-electron chi connectivity index (χ0n) is 9.07. The van der Waals surface area contributed by atoms with E-state index in [1.165, 1.54) is 6.07 Å². The van der Waals surface area contributed by atoms with Gasteiger partial charge in [0.1, 0.15) is 11.6 Å². The summed E-state index contributed by atoms with van der Waals surface area (Å²) in [6.07, 6.45) is 2.45. The minimum atomic E-state index is -0.267. The number of pyridine rings is 1. The van der Waals surface area contributed by atoms with Crippen molar-refractivity contribution in [1.82, 2.24) is 4.98 Å². The van der Waals surface area contributed by atoms with E-state index < -0.39 is 0 Å². The number of aryl methyl sites for hydroxylation is 1. The summed E-state index contributed by atoms with van der Waals surface area (Å²) in [5.74, 6) is 0.112. The summed E-state index contributed by atoms with van der Waals surface area (Å²) in [5, 5.41) is 0. The van der Waals surface area contributed by atoms with Crippen LogP contribution >= 0.6 is 0 Å². The van der Waals surface area contributed by atoms with Crippen molar-refractivity contribution in [1.29, 1.82) is 0 Å². The molecule has 1 aromatic heterocycles. The van der Waals surface area contributed by atoms with Gasteiger partial charge >= 0.3 is 0 Å². The lowest BCUT2D eigenvalue weighted by molar-refractivity contribution is 0.631. The Bertz CT molecular complexity index is 509. The molecule has 1 heterocycles. The zero-order chi connectivity index (χ0) is 11.5. The molecule has 0 fully saturated rings. The van der Waals surface area contributed by atoms with Crippen molar-refractivity contribution in [3.05, 3.63) is 47.9 Å². The molecule has 0 amide bonds. The topological polar surface area (TPSA) is 38.9 Å². The summed E-state index contributed by atoms with van der Waals surface area (Å²) in [7, 11) is 0. The van der Waals surface area contributed by atoms with Crippen molar-refractivity contribution >= 4 is 5.82 Å². The maximum Gasteiger partial charge on any atom is 0.131 e. The molecular formula is C13H13FN2. The van der Waals surface area contributed by atoms with E-state index in [4.69, 9.17) is 5.73 Å².